The van der Waals surface area contributed by atoms with Crippen LogP contribution in [-0.2, 0) is 19.3 Å². The molecule has 4 aromatic rings. The number of likely N-dealkylation sites (tertiary alicyclic amines) is 1. The minimum absolute atomic E-state index is 0.0204. The van der Waals surface area contributed by atoms with E-state index in [0.717, 1.165) is 73.3 Å². The molecular formula is C34H37Cl2N3O2S. The van der Waals surface area contributed by atoms with Gasteiger partial charge in [-0.25, -0.2) is 4.98 Å². The second-order valence-corrected chi connectivity index (χ2v) is 13.3. The Hall–Kier alpha value is -2.93. The van der Waals surface area contributed by atoms with Crippen molar-refractivity contribution in [3.63, 3.8) is 0 Å². The minimum atomic E-state index is -0.176. The van der Waals surface area contributed by atoms with Gasteiger partial charge in [0.25, 0.3) is 11.5 Å². The quantitative estimate of drug-likeness (QED) is 0.197. The number of carbonyl (C=O) groups is 1. The lowest BCUT2D eigenvalue weighted by Crippen LogP contribution is -2.38. The predicted molar refractivity (Wildman–Crippen MR) is 176 cm³/mol. The fourth-order valence-electron chi connectivity index (χ4n) is 5.79. The van der Waals surface area contributed by atoms with Crippen LogP contribution in [0.1, 0.15) is 74.1 Å². The SMILES string of the molecule is CCc1cccc(CC)c1-n1c(CC(C)C)c(C(=O)N2CCCCC2)cc(-c2nc(-c3ccc(Cl)cc3)c(Cl)s2)c1=O. The number of hydrogen-bond donors (Lipinski definition) is 0. The van der Waals surface area contributed by atoms with Crippen molar-refractivity contribution in [3.8, 4) is 27.5 Å². The third kappa shape index (κ3) is 6.08. The average Bonchev–Trinajstić information content (AvgIpc) is 3.38. The van der Waals surface area contributed by atoms with Crippen molar-refractivity contribution in [3.05, 3.63) is 90.6 Å². The van der Waals surface area contributed by atoms with E-state index in [1.54, 1.807) is 18.2 Å². The highest BCUT2D eigenvalue weighted by molar-refractivity contribution is 7.19. The van der Waals surface area contributed by atoms with Gasteiger partial charge in [0.05, 0.1) is 16.8 Å². The highest BCUT2D eigenvalue weighted by Gasteiger charge is 2.29. The van der Waals surface area contributed by atoms with Crippen molar-refractivity contribution in [2.75, 3.05) is 13.1 Å². The Morgan fingerprint density at radius 2 is 1.62 bits per heavy atom. The van der Waals surface area contributed by atoms with Crippen LogP contribution in [0.5, 0.6) is 0 Å². The van der Waals surface area contributed by atoms with Gasteiger partial charge in [-0.2, -0.15) is 0 Å². The molecule has 8 heteroatoms. The summed E-state index contributed by atoms with van der Waals surface area (Å²) >= 11 is 14.1. The number of benzene rings is 2. The second-order valence-electron chi connectivity index (χ2n) is 11.3. The van der Waals surface area contributed by atoms with Crippen molar-refractivity contribution >= 4 is 40.4 Å². The highest BCUT2D eigenvalue weighted by Crippen LogP contribution is 2.38. The Bertz CT molecular complexity index is 1630. The Morgan fingerprint density at radius 1 is 0.976 bits per heavy atom. The zero-order chi connectivity index (χ0) is 30.0. The molecule has 0 saturated carbocycles. The highest BCUT2D eigenvalue weighted by atomic mass is 35.5. The first-order chi connectivity index (χ1) is 20.2. The first-order valence-corrected chi connectivity index (χ1v) is 16.4. The number of piperidine rings is 1. The Morgan fingerprint density at radius 3 is 2.21 bits per heavy atom. The summed E-state index contributed by atoms with van der Waals surface area (Å²) in [4.78, 5) is 35.8. The zero-order valence-electron chi connectivity index (χ0n) is 24.7. The first-order valence-electron chi connectivity index (χ1n) is 14.8. The largest absolute Gasteiger partial charge is 0.339 e. The van der Waals surface area contributed by atoms with Gasteiger partial charge in [-0.15, -0.1) is 11.3 Å². The summed E-state index contributed by atoms with van der Waals surface area (Å²) in [5, 5.41) is 1.12. The number of para-hydroxylation sites is 1. The fourth-order valence-corrected chi connectivity index (χ4v) is 7.11. The summed E-state index contributed by atoms with van der Waals surface area (Å²) < 4.78 is 2.32. The summed E-state index contributed by atoms with van der Waals surface area (Å²) in [6, 6.07) is 15.3. The van der Waals surface area contributed by atoms with Crippen LogP contribution >= 0.6 is 34.5 Å². The van der Waals surface area contributed by atoms with E-state index in [-0.39, 0.29) is 17.4 Å². The van der Waals surface area contributed by atoms with E-state index in [0.29, 0.717) is 37.6 Å². The standard InChI is InChI=1S/C34H37Cl2N3O2S/c1-5-22-11-10-12-23(6-2)30(22)39-28(19-21(3)4)26(33(40)38-17-8-7-9-18-38)20-27(34(39)41)32-37-29(31(36)42-32)24-13-15-25(35)16-14-24/h10-16,20-21H,5-9,17-19H2,1-4H3. The maximum Gasteiger partial charge on any atom is 0.265 e. The van der Waals surface area contributed by atoms with Gasteiger partial charge in [-0.1, -0.05) is 81.2 Å². The molecule has 5 nitrogen and oxygen atoms in total. The van der Waals surface area contributed by atoms with Crippen molar-refractivity contribution < 1.29 is 4.79 Å². The number of rotatable bonds is 8. The lowest BCUT2D eigenvalue weighted by Gasteiger charge is -2.29. The van der Waals surface area contributed by atoms with Crippen LogP contribution in [0.4, 0.5) is 0 Å². The maximum absolute atomic E-state index is 14.7. The van der Waals surface area contributed by atoms with Crippen LogP contribution in [0.15, 0.2) is 53.3 Å². The van der Waals surface area contributed by atoms with E-state index in [1.165, 1.54) is 11.3 Å². The second kappa shape index (κ2) is 13.2. The number of hydrogen-bond acceptors (Lipinski definition) is 4. The number of carbonyl (C=O) groups excluding carboxylic acids is 1. The van der Waals surface area contributed by atoms with E-state index in [9.17, 15) is 9.59 Å². The van der Waals surface area contributed by atoms with Crippen molar-refractivity contribution in [1.82, 2.24) is 14.5 Å². The Kier molecular flexibility index (Phi) is 9.56. The Balaban J connectivity index is 1.82. The van der Waals surface area contributed by atoms with Gasteiger partial charge >= 0.3 is 0 Å². The first kappa shape index (κ1) is 30.5. The molecule has 5 rings (SSSR count). The molecule has 1 amide bonds. The van der Waals surface area contributed by atoms with Crippen LogP contribution in [0.3, 0.4) is 0 Å². The van der Waals surface area contributed by atoms with Crippen molar-refractivity contribution in [2.45, 2.75) is 66.2 Å². The smallest absolute Gasteiger partial charge is 0.265 e. The molecule has 3 heterocycles. The molecule has 0 aliphatic carbocycles. The number of pyridine rings is 1. The van der Waals surface area contributed by atoms with Crippen LogP contribution in [0.25, 0.3) is 27.5 Å². The Labute approximate surface area is 262 Å². The van der Waals surface area contributed by atoms with Crippen molar-refractivity contribution in [1.29, 1.82) is 0 Å². The van der Waals surface area contributed by atoms with Gasteiger partial charge in [0.2, 0.25) is 0 Å². The molecule has 0 bridgehead atoms. The molecule has 1 aliphatic heterocycles. The molecule has 1 aliphatic rings. The van der Waals surface area contributed by atoms with E-state index >= 15 is 0 Å². The summed E-state index contributed by atoms with van der Waals surface area (Å²) in [5.74, 6) is 0.215. The average molecular weight is 623 g/mol. The minimum Gasteiger partial charge on any atom is -0.339 e. The topological polar surface area (TPSA) is 55.2 Å². The third-order valence-corrected chi connectivity index (χ3v) is 9.44. The molecule has 220 valence electrons. The number of halogens is 2. The summed E-state index contributed by atoms with van der Waals surface area (Å²) in [6.45, 7) is 9.92. The molecule has 0 radical (unpaired) electrons. The van der Waals surface area contributed by atoms with Crippen LogP contribution in [0, 0.1) is 5.92 Å². The molecule has 0 atom stereocenters. The fraction of sp³-hybridized carbons (Fsp3) is 0.382. The lowest BCUT2D eigenvalue weighted by molar-refractivity contribution is 0.0722. The van der Waals surface area contributed by atoms with Gasteiger partial charge in [0.1, 0.15) is 15.0 Å². The summed E-state index contributed by atoms with van der Waals surface area (Å²) in [6.07, 6.45) is 5.23. The van der Waals surface area contributed by atoms with Crippen molar-refractivity contribution in [2.24, 2.45) is 5.92 Å². The number of aromatic nitrogens is 2. The van der Waals surface area contributed by atoms with Crippen LogP contribution in [-0.4, -0.2) is 33.4 Å². The number of aryl methyl sites for hydroxylation is 2. The number of nitrogens with zero attached hydrogens (tertiary/aromatic N) is 3. The van der Waals surface area contributed by atoms with E-state index in [4.69, 9.17) is 28.2 Å². The molecule has 1 saturated heterocycles. The molecule has 1 fully saturated rings. The van der Waals surface area contributed by atoms with Gasteiger partial charge in [0, 0.05) is 29.4 Å². The van der Waals surface area contributed by atoms with E-state index < -0.39 is 0 Å². The van der Waals surface area contributed by atoms with E-state index in [1.807, 2.05) is 21.6 Å². The molecule has 2 aromatic heterocycles. The summed E-state index contributed by atoms with van der Waals surface area (Å²) in [5.41, 5.74) is 6.02. The van der Waals surface area contributed by atoms with E-state index in [2.05, 4.69) is 45.9 Å². The molecule has 0 unspecified atom stereocenters. The molecule has 0 spiro atoms. The molecule has 42 heavy (non-hydrogen) atoms. The molecular weight excluding hydrogens is 585 g/mol. The van der Waals surface area contributed by atoms with Gasteiger partial charge < -0.3 is 4.90 Å². The van der Waals surface area contributed by atoms with Gasteiger partial charge in [-0.3, -0.25) is 14.2 Å². The van der Waals surface area contributed by atoms with Gasteiger partial charge in [-0.05, 0) is 73.8 Å². The van der Waals surface area contributed by atoms with Crippen LogP contribution in [0.2, 0.25) is 9.36 Å². The normalized spacial score (nSPS) is 13.6. The predicted octanol–water partition coefficient (Wildman–Crippen LogP) is 8.88. The monoisotopic (exact) mass is 621 g/mol. The molecule has 0 N–H and O–H groups in total. The van der Waals surface area contributed by atoms with Crippen LogP contribution < -0.4 is 5.56 Å². The third-order valence-electron chi connectivity index (χ3n) is 7.90. The zero-order valence-corrected chi connectivity index (χ0v) is 27.0. The van der Waals surface area contributed by atoms with Gasteiger partial charge in [0.15, 0.2) is 0 Å². The molecule has 2 aromatic carbocycles. The maximum atomic E-state index is 14.7. The summed E-state index contributed by atoms with van der Waals surface area (Å²) in [7, 11) is 0. The lowest BCUT2D eigenvalue weighted by atomic mass is 9.96. The number of thiazole rings is 1. The number of amides is 1.